The van der Waals surface area contributed by atoms with Crippen LogP contribution in [0.4, 0.5) is 4.79 Å². The number of imidazole rings is 1. The molecule has 0 spiro atoms. The fourth-order valence-corrected chi connectivity index (χ4v) is 3.98. The lowest BCUT2D eigenvalue weighted by molar-refractivity contribution is -0.130. The van der Waals surface area contributed by atoms with Gasteiger partial charge in [-0.3, -0.25) is 4.79 Å². The summed E-state index contributed by atoms with van der Waals surface area (Å²) in [6, 6.07) is 15.0. The molecule has 0 fully saturated rings. The molecule has 3 aromatic rings. The average molecular weight is 458 g/mol. The molecule has 1 aliphatic carbocycles. The van der Waals surface area contributed by atoms with Crippen molar-refractivity contribution in [3.8, 4) is 23.0 Å². The van der Waals surface area contributed by atoms with Crippen LogP contribution in [0.5, 0.6) is 0 Å². The number of carboxylic acid groups (broad SMARTS) is 1. The molecule has 2 aromatic carbocycles. The van der Waals surface area contributed by atoms with Gasteiger partial charge in [0.1, 0.15) is 12.6 Å². The monoisotopic (exact) mass is 458 g/mol. The fraction of sp³-hybridized carbons (Fsp3) is 0.200. The molecular weight excluding hydrogens is 436 g/mol. The number of ether oxygens (including phenoxy) is 1. The van der Waals surface area contributed by atoms with Gasteiger partial charge in [0.05, 0.1) is 12.9 Å². The van der Waals surface area contributed by atoms with E-state index in [0.29, 0.717) is 5.69 Å². The van der Waals surface area contributed by atoms with E-state index in [9.17, 15) is 14.4 Å². The zero-order valence-corrected chi connectivity index (χ0v) is 18.1. The van der Waals surface area contributed by atoms with Crippen molar-refractivity contribution in [2.45, 2.75) is 18.4 Å². The lowest BCUT2D eigenvalue weighted by Gasteiger charge is -2.19. The summed E-state index contributed by atoms with van der Waals surface area (Å²) in [5.41, 5.74) is 5.04. The van der Waals surface area contributed by atoms with Crippen LogP contribution in [0.25, 0.3) is 11.1 Å². The van der Waals surface area contributed by atoms with E-state index >= 15 is 0 Å². The van der Waals surface area contributed by atoms with E-state index in [4.69, 9.17) is 9.84 Å². The summed E-state index contributed by atoms with van der Waals surface area (Å²) >= 11 is 0. The molecule has 172 valence electrons. The molecule has 0 radical (unpaired) electrons. The Labute approximate surface area is 195 Å². The minimum atomic E-state index is -1.29. The van der Waals surface area contributed by atoms with Gasteiger partial charge in [0.2, 0.25) is 5.91 Å². The Balaban J connectivity index is 1.41. The van der Waals surface area contributed by atoms with Crippen molar-refractivity contribution in [2.75, 3.05) is 13.2 Å². The Bertz CT molecular complexity index is 1210. The molecule has 0 saturated carbocycles. The molecule has 1 atom stereocenters. The summed E-state index contributed by atoms with van der Waals surface area (Å²) in [6.07, 6.45) is 2.42. The molecule has 4 N–H and O–H groups in total. The summed E-state index contributed by atoms with van der Waals surface area (Å²) in [6.45, 7) is -0.0562. The molecule has 4 rings (SSSR count). The first-order chi connectivity index (χ1) is 16.5. The maximum Gasteiger partial charge on any atom is 0.407 e. The van der Waals surface area contributed by atoms with Crippen molar-refractivity contribution < 1.29 is 24.2 Å². The molecular formula is C25H22N4O5. The number of carbonyl (C=O) groups is 3. The first kappa shape index (κ1) is 22.6. The second-order valence-corrected chi connectivity index (χ2v) is 7.63. The van der Waals surface area contributed by atoms with E-state index in [2.05, 4.69) is 26.5 Å². The predicted octanol–water partition coefficient (Wildman–Crippen LogP) is 2.06. The summed E-state index contributed by atoms with van der Waals surface area (Å²) in [7, 11) is 0. The predicted molar refractivity (Wildman–Crippen MR) is 123 cm³/mol. The van der Waals surface area contributed by atoms with Gasteiger partial charge in [-0.1, -0.05) is 54.5 Å². The van der Waals surface area contributed by atoms with E-state index in [-0.39, 0.29) is 25.5 Å². The van der Waals surface area contributed by atoms with Gasteiger partial charge in [-0.2, -0.15) is 0 Å². The maximum atomic E-state index is 12.6. The molecule has 1 aliphatic rings. The Morgan fingerprint density at radius 3 is 2.38 bits per heavy atom. The van der Waals surface area contributed by atoms with Crippen LogP contribution in [-0.4, -0.2) is 52.2 Å². The number of carbonyl (C=O) groups excluding carboxylic acids is 2. The number of fused-ring (bicyclic) bond motifs is 3. The van der Waals surface area contributed by atoms with E-state index in [0.717, 1.165) is 22.3 Å². The molecule has 9 heteroatoms. The number of aromatic amines is 1. The summed E-state index contributed by atoms with van der Waals surface area (Å²) in [5, 5.41) is 13.7. The largest absolute Gasteiger partial charge is 0.472 e. The van der Waals surface area contributed by atoms with Crippen molar-refractivity contribution in [3.63, 3.8) is 0 Å². The molecule has 1 unspecified atom stereocenters. The Morgan fingerprint density at radius 2 is 1.76 bits per heavy atom. The average Bonchev–Trinajstić information content (AvgIpc) is 3.46. The summed E-state index contributed by atoms with van der Waals surface area (Å²) in [4.78, 5) is 42.6. The normalized spacial score (nSPS) is 12.5. The number of benzene rings is 2. The first-order valence-electron chi connectivity index (χ1n) is 10.6. The van der Waals surface area contributed by atoms with Crippen LogP contribution in [-0.2, 0) is 20.7 Å². The highest BCUT2D eigenvalue weighted by molar-refractivity contribution is 5.88. The minimum Gasteiger partial charge on any atom is -0.472 e. The van der Waals surface area contributed by atoms with Crippen LogP contribution in [0, 0.1) is 11.8 Å². The van der Waals surface area contributed by atoms with Gasteiger partial charge in [0, 0.05) is 30.1 Å². The molecule has 0 aliphatic heterocycles. The molecule has 0 bridgehead atoms. The van der Waals surface area contributed by atoms with Crippen LogP contribution in [0.1, 0.15) is 22.7 Å². The van der Waals surface area contributed by atoms with E-state index < -0.39 is 24.0 Å². The fourth-order valence-electron chi connectivity index (χ4n) is 3.98. The molecule has 1 aromatic heterocycles. The number of nitrogens with zero attached hydrogens (tertiary/aromatic N) is 1. The lowest BCUT2D eigenvalue weighted by Crippen LogP contribution is -2.48. The van der Waals surface area contributed by atoms with Crippen LogP contribution in [0.15, 0.2) is 61.1 Å². The second-order valence-electron chi connectivity index (χ2n) is 7.63. The smallest absolute Gasteiger partial charge is 0.407 e. The third-order valence-electron chi connectivity index (χ3n) is 5.48. The van der Waals surface area contributed by atoms with Crippen LogP contribution >= 0.6 is 0 Å². The molecule has 34 heavy (non-hydrogen) atoms. The van der Waals surface area contributed by atoms with E-state index in [1.54, 1.807) is 6.20 Å². The standard InChI is InChI=1S/C25H22N4O5/c30-23(31)10-5-11-27-24(32)22(12-16-13-26-15-28-16)29-25(33)34-14-21-19-8-3-1-6-17(19)18-7-2-4-9-20(18)21/h1-4,6-9,13,15,21-22H,11-12,14H2,(H,26,28)(H,27,32)(H,29,33)(H,30,31). The number of hydrogen-bond donors (Lipinski definition) is 4. The van der Waals surface area contributed by atoms with Gasteiger partial charge < -0.3 is 25.5 Å². The number of aliphatic carboxylic acids is 1. The SMILES string of the molecule is O=C(O)C#CCNC(=O)C(Cc1cnc[nH]1)NC(=O)OCC1c2ccccc2-c2ccccc21. The number of amides is 2. The van der Waals surface area contributed by atoms with Crippen molar-refractivity contribution in [2.24, 2.45) is 0 Å². The number of nitrogens with one attached hydrogen (secondary N) is 3. The molecule has 9 nitrogen and oxygen atoms in total. The second kappa shape index (κ2) is 10.4. The van der Waals surface area contributed by atoms with Crippen molar-refractivity contribution in [3.05, 3.63) is 77.9 Å². The van der Waals surface area contributed by atoms with E-state index in [1.807, 2.05) is 54.5 Å². The highest BCUT2D eigenvalue weighted by Gasteiger charge is 2.30. The Kier molecular flexibility index (Phi) is 6.89. The Morgan fingerprint density at radius 1 is 1.09 bits per heavy atom. The molecule has 1 heterocycles. The number of carboxylic acids is 1. The van der Waals surface area contributed by atoms with Gasteiger partial charge in [-0.05, 0) is 22.3 Å². The summed E-state index contributed by atoms with van der Waals surface area (Å²) in [5.74, 6) is 2.31. The number of rotatable bonds is 7. The highest BCUT2D eigenvalue weighted by atomic mass is 16.5. The van der Waals surface area contributed by atoms with Gasteiger partial charge in [-0.15, -0.1) is 0 Å². The molecule has 0 saturated heterocycles. The Hall–Kier alpha value is -4.58. The van der Waals surface area contributed by atoms with Crippen LogP contribution in [0.2, 0.25) is 0 Å². The van der Waals surface area contributed by atoms with Gasteiger partial charge in [0.15, 0.2) is 0 Å². The lowest BCUT2D eigenvalue weighted by atomic mass is 9.98. The topological polar surface area (TPSA) is 133 Å². The zero-order chi connectivity index (χ0) is 23.9. The van der Waals surface area contributed by atoms with Gasteiger partial charge in [0.25, 0.3) is 0 Å². The van der Waals surface area contributed by atoms with E-state index in [1.165, 1.54) is 6.33 Å². The quantitative estimate of drug-likeness (QED) is 0.401. The van der Waals surface area contributed by atoms with Gasteiger partial charge in [-0.25, -0.2) is 14.6 Å². The maximum absolute atomic E-state index is 12.6. The number of hydrogen-bond acceptors (Lipinski definition) is 5. The minimum absolute atomic E-state index is 0.107. The van der Waals surface area contributed by atoms with Crippen molar-refractivity contribution in [1.29, 1.82) is 0 Å². The molecule has 2 amide bonds. The highest BCUT2D eigenvalue weighted by Crippen LogP contribution is 2.44. The van der Waals surface area contributed by atoms with Crippen molar-refractivity contribution in [1.82, 2.24) is 20.6 Å². The number of aromatic nitrogens is 2. The van der Waals surface area contributed by atoms with Crippen molar-refractivity contribution >= 4 is 18.0 Å². The number of alkyl carbamates (subject to hydrolysis) is 1. The van der Waals surface area contributed by atoms with Gasteiger partial charge >= 0.3 is 12.1 Å². The first-order valence-corrected chi connectivity index (χ1v) is 10.6. The third-order valence-corrected chi connectivity index (χ3v) is 5.48. The summed E-state index contributed by atoms with van der Waals surface area (Å²) < 4.78 is 5.54. The third kappa shape index (κ3) is 5.24. The zero-order valence-electron chi connectivity index (χ0n) is 18.1. The van der Waals surface area contributed by atoms with Crippen LogP contribution in [0.3, 0.4) is 0 Å². The van der Waals surface area contributed by atoms with Crippen LogP contribution < -0.4 is 10.6 Å². The number of H-pyrrole nitrogens is 1.